The van der Waals surface area contributed by atoms with Gasteiger partial charge in [0.15, 0.2) is 0 Å². The first-order valence-corrected chi connectivity index (χ1v) is 6.77. The number of likely N-dealkylation sites (N-methyl/N-ethyl adjacent to an activating group) is 1. The Kier molecular flexibility index (Phi) is 6.31. The van der Waals surface area contributed by atoms with Crippen molar-refractivity contribution in [2.45, 2.75) is 30.6 Å². The first-order valence-electron chi connectivity index (χ1n) is 5.85. The van der Waals surface area contributed by atoms with Crippen LogP contribution in [0.3, 0.4) is 0 Å². The van der Waals surface area contributed by atoms with Crippen molar-refractivity contribution in [1.29, 1.82) is 0 Å². The highest BCUT2D eigenvalue weighted by molar-refractivity contribution is 9.10. The summed E-state index contributed by atoms with van der Waals surface area (Å²) in [5.41, 5.74) is 0. The molecule has 0 aromatic carbocycles. The average molecular weight is 293 g/mol. The normalized spacial score (nSPS) is 23.3. The number of methoxy groups -OCH3 is 1. The minimum absolute atomic E-state index is 0.216. The van der Waals surface area contributed by atoms with Gasteiger partial charge in [0, 0.05) is 19.1 Å². The Morgan fingerprint density at radius 2 is 2.44 bits per heavy atom. The lowest BCUT2D eigenvalue weighted by Gasteiger charge is -2.23. The molecule has 0 aromatic rings. The highest BCUT2D eigenvalue weighted by Crippen LogP contribution is 2.15. The van der Waals surface area contributed by atoms with Crippen molar-refractivity contribution in [2.24, 2.45) is 0 Å². The van der Waals surface area contributed by atoms with Crippen LogP contribution in [0.1, 0.15) is 19.8 Å². The van der Waals surface area contributed by atoms with Gasteiger partial charge in [-0.3, -0.25) is 9.69 Å². The number of nitrogens with zero attached hydrogens (tertiary/aromatic N) is 1. The van der Waals surface area contributed by atoms with Crippen LogP contribution in [0.25, 0.3) is 0 Å². The van der Waals surface area contributed by atoms with E-state index in [-0.39, 0.29) is 10.8 Å². The zero-order valence-corrected chi connectivity index (χ0v) is 11.6. The summed E-state index contributed by atoms with van der Waals surface area (Å²) in [5.74, 6) is -0.216. The molecule has 0 saturated carbocycles. The van der Waals surface area contributed by atoms with Crippen LogP contribution in [0.15, 0.2) is 0 Å². The number of nitrogens with one attached hydrogen (secondary N) is 1. The van der Waals surface area contributed by atoms with Crippen molar-refractivity contribution in [2.75, 3.05) is 33.3 Å². The number of ether oxygens (including phenoxy) is 1. The number of esters is 1. The molecule has 5 heteroatoms. The molecule has 0 spiro atoms. The van der Waals surface area contributed by atoms with Crippen LogP contribution in [-0.2, 0) is 9.53 Å². The zero-order chi connectivity index (χ0) is 12.0. The van der Waals surface area contributed by atoms with Crippen molar-refractivity contribution in [1.82, 2.24) is 10.2 Å². The fourth-order valence-corrected chi connectivity index (χ4v) is 2.55. The largest absolute Gasteiger partial charge is 0.468 e. The predicted octanol–water partition coefficient (Wildman–Crippen LogP) is 0.997. The summed E-state index contributed by atoms with van der Waals surface area (Å²) in [6.45, 7) is 6.09. The van der Waals surface area contributed by atoms with E-state index in [4.69, 9.17) is 0 Å². The molecule has 0 aromatic heterocycles. The first kappa shape index (κ1) is 13.9. The number of alkyl halides is 1. The average Bonchev–Trinajstić information content (AvgIpc) is 2.75. The predicted molar refractivity (Wildman–Crippen MR) is 67.9 cm³/mol. The number of likely N-dealkylation sites (tertiary alicyclic amines) is 1. The van der Waals surface area contributed by atoms with Gasteiger partial charge in [0.1, 0.15) is 4.83 Å². The second kappa shape index (κ2) is 7.25. The van der Waals surface area contributed by atoms with Crippen LogP contribution in [-0.4, -0.2) is 55.0 Å². The maximum Gasteiger partial charge on any atom is 0.320 e. The van der Waals surface area contributed by atoms with Crippen LogP contribution in [0, 0.1) is 0 Å². The van der Waals surface area contributed by atoms with Crippen molar-refractivity contribution < 1.29 is 9.53 Å². The third kappa shape index (κ3) is 4.03. The topological polar surface area (TPSA) is 41.6 Å². The maximum atomic E-state index is 11.1. The van der Waals surface area contributed by atoms with Gasteiger partial charge in [-0.2, -0.15) is 0 Å². The van der Waals surface area contributed by atoms with Crippen molar-refractivity contribution in [3.05, 3.63) is 0 Å². The molecular formula is C11H21BrN2O2. The van der Waals surface area contributed by atoms with E-state index in [1.807, 2.05) is 0 Å². The molecule has 2 atom stereocenters. The molecule has 1 saturated heterocycles. The number of carbonyl (C=O) groups excluding carboxylic acids is 1. The summed E-state index contributed by atoms with van der Waals surface area (Å²) in [7, 11) is 1.41. The van der Waals surface area contributed by atoms with E-state index in [0.29, 0.717) is 12.6 Å². The smallest absolute Gasteiger partial charge is 0.320 e. The van der Waals surface area contributed by atoms with Crippen molar-refractivity contribution in [3.63, 3.8) is 0 Å². The van der Waals surface area contributed by atoms with Gasteiger partial charge in [-0.1, -0.05) is 22.9 Å². The molecular weight excluding hydrogens is 272 g/mol. The van der Waals surface area contributed by atoms with Gasteiger partial charge < -0.3 is 10.1 Å². The van der Waals surface area contributed by atoms with Crippen LogP contribution in [0.5, 0.6) is 0 Å². The van der Waals surface area contributed by atoms with Crippen molar-refractivity contribution >= 4 is 21.9 Å². The van der Waals surface area contributed by atoms with Gasteiger partial charge >= 0.3 is 5.97 Å². The van der Waals surface area contributed by atoms with E-state index >= 15 is 0 Å². The van der Waals surface area contributed by atoms with E-state index < -0.39 is 0 Å². The van der Waals surface area contributed by atoms with Crippen LogP contribution < -0.4 is 5.32 Å². The van der Waals surface area contributed by atoms with E-state index in [9.17, 15) is 4.79 Å². The Morgan fingerprint density at radius 3 is 3.06 bits per heavy atom. The molecule has 16 heavy (non-hydrogen) atoms. The molecule has 1 heterocycles. The fourth-order valence-electron chi connectivity index (χ4n) is 2.13. The van der Waals surface area contributed by atoms with Crippen LogP contribution in [0.2, 0.25) is 0 Å². The molecule has 1 N–H and O–H groups in total. The number of hydrogen-bond acceptors (Lipinski definition) is 4. The van der Waals surface area contributed by atoms with Gasteiger partial charge in [-0.25, -0.2) is 0 Å². The summed E-state index contributed by atoms with van der Waals surface area (Å²) in [6.07, 6.45) is 2.54. The lowest BCUT2D eigenvalue weighted by atomic mass is 10.2. The molecule has 2 unspecified atom stereocenters. The number of halogens is 1. The minimum Gasteiger partial charge on any atom is -0.468 e. The number of hydrogen-bond donors (Lipinski definition) is 1. The molecule has 1 rings (SSSR count). The molecule has 0 aliphatic carbocycles. The second-order valence-electron chi connectivity index (χ2n) is 4.07. The highest BCUT2D eigenvalue weighted by Gasteiger charge is 2.23. The van der Waals surface area contributed by atoms with E-state index in [2.05, 4.69) is 37.8 Å². The van der Waals surface area contributed by atoms with Crippen molar-refractivity contribution in [3.8, 4) is 0 Å². The monoisotopic (exact) mass is 292 g/mol. The summed E-state index contributed by atoms with van der Waals surface area (Å²) in [6, 6.07) is 0.627. The Balaban J connectivity index is 2.17. The zero-order valence-electron chi connectivity index (χ0n) is 10.0. The van der Waals surface area contributed by atoms with Gasteiger partial charge in [-0.15, -0.1) is 0 Å². The Morgan fingerprint density at radius 1 is 1.69 bits per heavy atom. The summed E-state index contributed by atoms with van der Waals surface area (Å²) < 4.78 is 4.64. The minimum atomic E-state index is -0.242. The molecule has 0 amide bonds. The third-order valence-corrected chi connectivity index (χ3v) is 3.76. The summed E-state index contributed by atoms with van der Waals surface area (Å²) in [5, 5.41) is 3.32. The fraction of sp³-hybridized carbons (Fsp3) is 0.909. The second-order valence-corrected chi connectivity index (χ2v) is 5.18. The highest BCUT2D eigenvalue weighted by atomic mass is 79.9. The Bertz CT molecular complexity index is 226. The lowest BCUT2D eigenvalue weighted by molar-refractivity contribution is -0.139. The first-order chi connectivity index (χ1) is 7.69. The molecule has 1 fully saturated rings. The van der Waals surface area contributed by atoms with Gasteiger partial charge in [-0.05, 0) is 25.9 Å². The SMILES string of the molecule is CCN1CCCC1CNCC(Br)C(=O)OC. The summed E-state index contributed by atoms with van der Waals surface area (Å²) in [4.78, 5) is 13.4. The van der Waals surface area contributed by atoms with Crippen LogP contribution >= 0.6 is 15.9 Å². The molecule has 1 aliphatic rings. The van der Waals surface area contributed by atoms with E-state index in [1.54, 1.807) is 0 Å². The quantitative estimate of drug-likeness (QED) is 0.586. The van der Waals surface area contributed by atoms with Gasteiger partial charge in [0.05, 0.1) is 7.11 Å². The van der Waals surface area contributed by atoms with Gasteiger partial charge in [0.2, 0.25) is 0 Å². The molecule has 94 valence electrons. The standard InChI is InChI=1S/C11H21BrN2O2/c1-3-14-6-4-5-9(14)7-13-8-10(12)11(15)16-2/h9-10,13H,3-8H2,1-2H3. The summed E-state index contributed by atoms with van der Waals surface area (Å²) >= 11 is 3.29. The van der Waals surface area contributed by atoms with E-state index in [1.165, 1.54) is 26.5 Å². The molecule has 0 bridgehead atoms. The number of carbonyl (C=O) groups is 1. The molecule has 4 nitrogen and oxygen atoms in total. The molecule has 1 aliphatic heterocycles. The lowest BCUT2D eigenvalue weighted by Crippen LogP contribution is -2.40. The third-order valence-electron chi connectivity index (χ3n) is 3.07. The van der Waals surface area contributed by atoms with E-state index in [0.717, 1.165) is 13.1 Å². The molecule has 0 radical (unpaired) electrons. The number of rotatable bonds is 6. The van der Waals surface area contributed by atoms with Gasteiger partial charge in [0.25, 0.3) is 0 Å². The Labute approximate surface area is 106 Å². The van der Waals surface area contributed by atoms with Crippen LogP contribution in [0.4, 0.5) is 0 Å². The maximum absolute atomic E-state index is 11.1. The Hall–Kier alpha value is -0.130.